The quantitative estimate of drug-likeness (QED) is 0.548. The van der Waals surface area contributed by atoms with E-state index >= 15 is 0 Å². The first-order chi connectivity index (χ1) is 16.9. The van der Waals surface area contributed by atoms with Crippen LogP contribution in [0.3, 0.4) is 0 Å². The molecular weight excluding hydrogens is 511 g/mol. The van der Waals surface area contributed by atoms with E-state index in [1.165, 1.54) is 25.4 Å². The minimum absolute atomic E-state index is 0.105. The number of nitrogens with one attached hydrogen (secondary N) is 1. The van der Waals surface area contributed by atoms with Crippen molar-refractivity contribution in [1.82, 2.24) is 19.6 Å². The smallest absolute Gasteiger partial charge is 0.433 e. The number of rotatable bonds is 7. The molecule has 1 aliphatic heterocycles. The Morgan fingerprint density at radius 1 is 1.19 bits per heavy atom. The van der Waals surface area contributed by atoms with Crippen LogP contribution in [0.25, 0.3) is 11.1 Å². The third-order valence-electron chi connectivity index (χ3n) is 6.30. The molecule has 0 radical (unpaired) electrons. The number of methoxy groups -OCH3 is 1. The van der Waals surface area contributed by atoms with Crippen LogP contribution in [0.2, 0.25) is 0 Å². The molecular formula is C22H23F5N4O4S. The Hall–Kier alpha value is -2.87. The van der Waals surface area contributed by atoms with Crippen LogP contribution in [0.4, 0.5) is 22.0 Å². The fourth-order valence-corrected chi connectivity index (χ4v) is 6.40. The Labute approximate surface area is 203 Å². The molecule has 2 aromatic heterocycles. The van der Waals surface area contributed by atoms with Gasteiger partial charge in [0.25, 0.3) is 0 Å². The van der Waals surface area contributed by atoms with Gasteiger partial charge in [0.05, 0.1) is 25.5 Å². The number of halogens is 5. The van der Waals surface area contributed by atoms with Gasteiger partial charge in [-0.05, 0) is 25.0 Å². The fraction of sp³-hybridized carbons (Fsp3) is 0.500. The molecule has 196 valence electrons. The van der Waals surface area contributed by atoms with Gasteiger partial charge in [-0.1, -0.05) is 6.07 Å². The van der Waals surface area contributed by atoms with Gasteiger partial charge in [0.1, 0.15) is 35.1 Å². The monoisotopic (exact) mass is 534 g/mol. The fourth-order valence-electron chi connectivity index (χ4n) is 4.20. The van der Waals surface area contributed by atoms with E-state index in [9.17, 15) is 35.2 Å². The number of carbonyl (C=O) groups excluding carboxylic acids is 1. The van der Waals surface area contributed by atoms with Crippen LogP contribution < -0.4 is 10.1 Å². The molecule has 3 heterocycles. The zero-order chi connectivity index (χ0) is 26.3. The molecule has 2 aromatic rings. The normalized spacial score (nSPS) is 24.8. The highest BCUT2D eigenvalue weighted by atomic mass is 32.2. The lowest BCUT2D eigenvalue weighted by Crippen LogP contribution is -2.53. The van der Waals surface area contributed by atoms with Crippen molar-refractivity contribution in [3.63, 3.8) is 0 Å². The number of amides is 1. The minimum Gasteiger partial charge on any atom is -0.494 e. The van der Waals surface area contributed by atoms with E-state index < -0.39 is 58.0 Å². The van der Waals surface area contributed by atoms with Gasteiger partial charge in [-0.2, -0.15) is 17.5 Å². The summed E-state index contributed by atoms with van der Waals surface area (Å²) in [4.78, 5) is 20.4. The Bertz CT molecular complexity index is 1230. The van der Waals surface area contributed by atoms with Crippen molar-refractivity contribution in [2.75, 3.05) is 13.7 Å². The summed E-state index contributed by atoms with van der Waals surface area (Å²) in [5.74, 6) is -0.509. The summed E-state index contributed by atoms with van der Waals surface area (Å²) >= 11 is 0. The number of sulfonamides is 1. The zero-order valence-corrected chi connectivity index (χ0v) is 19.8. The Morgan fingerprint density at radius 3 is 2.50 bits per heavy atom. The number of hydrogen-bond donors (Lipinski definition) is 1. The van der Waals surface area contributed by atoms with Crippen LogP contribution in [-0.2, 0) is 27.5 Å². The predicted octanol–water partition coefficient (Wildman–Crippen LogP) is 3.03. The first-order valence-electron chi connectivity index (χ1n) is 11.0. The van der Waals surface area contributed by atoms with Gasteiger partial charge in [-0.3, -0.25) is 14.8 Å². The van der Waals surface area contributed by atoms with Gasteiger partial charge >= 0.3 is 6.18 Å². The number of pyridine rings is 2. The van der Waals surface area contributed by atoms with Crippen molar-refractivity contribution < 1.29 is 39.9 Å². The van der Waals surface area contributed by atoms with Gasteiger partial charge in [0, 0.05) is 30.3 Å². The first-order valence-corrected chi connectivity index (χ1v) is 12.5. The standard InChI is InChI=1S/C22H23F5N4O4S/c1-35-18-10-28-14(7-15(18)12-2-5-20(29-8-12)22(25,26)27)9-30-21(32)17-6-13(23)11-31(17)36(33,34)19-4-3-16(19)24/h2,5,7-8,10,13,16-17,19H,3-4,6,9,11H2,1H3,(H,30,32)/t13-,16?,17+,19+/m1/s1. The molecule has 2 fully saturated rings. The summed E-state index contributed by atoms with van der Waals surface area (Å²) in [5, 5.41) is 1.25. The largest absolute Gasteiger partial charge is 0.494 e. The van der Waals surface area contributed by atoms with Crippen LogP contribution in [0.5, 0.6) is 5.75 Å². The molecule has 1 saturated carbocycles. The molecule has 1 saturated heterocycles. The van der Waals surface area contributed by atoms with Gasteiger partial charge in [0.2, 0.25) is 15.9 Å². The Morgan fingerprint density at radius 2 is 1.94 bits per heavy atom. The molecule has 0 spiro atoms. The summed E-state index contributed by atoms with van der Waals surface area (Å²) in [6.45, 7) is -0.699. The number of nitrogens with zero attached hydrogens (tertiary/aromatic N) is 3. The topological polar surface area (TPSA) is 101 Å². The first kappa shape index (κ1) is 26.2. The molecule has 1 N–H and O–H groups in total. The number of carbonyl (C=O) groups is 1. The highest BCUT2D eigenvalue weighted by Gasteiger charge is 2.51. The van der Waals surface area contributed by atoms with Gasteiger partial charge < -0.3 is 10.1 Å². The second-order valence-electron chi connectivity index (χ2n) is 8.62. The van der Waals surface area contributed by atoms with Gasteiger partial charge in [-0.15, -0.1) is 0 Å². The van der Waals surface area contributed by atoms with Crippen LogP contribution in [-0.4, -0.2) is 65.9 Å². The number of aromatic nitrogens is 2. The third-order valence-corrected chi connectivity index (χ3v) is 8.65. The molecule has 1 aliphatic carbocycles. The lowest BCUT2D eigenvalue weighted by molar-refractivity contribution is -0.141. The molecule has 36 heavy (non-hydrogen) atoms. The average Bonchev–Trinajstić information content (AvgIpc) is 3.23. The second-order valence-corrected chi connectivity index (χ2v) is 10.7. The summed E-state index contributed by atoms with van der Waals surface area (Å²) < 4.78 is 97.8. The molecule has 1 amide bonds. The van der Waals surface area contributed by atoms with Crippen LogP contribution in [0.15, 0.2) is 30.6 Å². The zero-order valence-electron chi connectivity index (χ0n) is 19.0. The van der Waals surface area contributed by atoms with Crippen molar-refractivity contribution in [3.8, 4) is 16.9 Å². The maximum Gasteiger partial charge on any atom is 0.433 e. The molecule has 0 bridgehead atoms. The maximum absolute atomic E-state index is 14.1. The maximum atomic E-state index is 14.1. The summed E-state index contributed by atoms with van der Waals surface area (Å²) in [7, 11) is -2.84. The van der Waals surface area contributed by atoms with E-state index in [1.807, 2.05) is 0 Å². The van der Waals surface area contributed by atoms with Gasteiger partial charge in [0.15, 0.2) is 0 Å². The van der Waals surface area contributed by atoms with Gasteiger partial charge in [-0.25, -0.2) is 17.2 Å². The lowest BCUT2D eigenvalue weighted by atomic mass is 9.97. The molecule has 1 unspecified atom stereocenters. The van der Waals surface area contributed by atoms with E-state index in [2.05, 4.69) is 15.3 Å². The molecule has 8 nitrogen and oxygen atoms in total. The molecule has 4 rings (SSSR count). The van der Waals surface area contributed by atoms with Crippen molar-refractivity contribution >= 4 is 15.9 Å². The van der Waals surface area contributed by atoms with Crippen molar-refractivity contribution in [2.24, 2.45) is 0 Å². The number of hydrogen-bond acceptors (Lipinski definition) is 6. The predicted molar refractivity (Wildman–Crippen MR) is 118 cm³/mol. The van der Waals surface area contributed by atoms with E-state index in [4.69, 9.17) is 4.74 Å². The second kappa shape index (κ2) is 9.88. The number of ether oxygens (including phenoxy) is 1. The van der Waals surface area contributed by atoms with Crippen LogP contribution in [0.1, 0.15) is 30.7 Å². The summed E-state index contributed by atoms with van der Waals surface area (Å²) in [6.07, 6.45) is -5.49. The molecule has 14 heteroatoms. The van der Waals surface area contributed by atoms with E-state index in [0.29, 0.717) is 11.1 Å². The lowest BCUT2D eigenvalue weighted by Gasteiger charge is -2.34. The SMILES string of the molecule is COc1cnc(CNC(=O)[C@@H]2C[C@@H](F)CN2S(=O)(=O)[C@H]2CCC2F)cc1-c1ccc(C(F)(F)F)nc1. The molecule has 2 aliphatic rings. The van der Waals surface area contributed by atoms with Crippen molar-refractivity contribution in [2.45, 2.75) is 55.6 Å². The average molecular weight is 535 g/mol. The summed E-state index contributed by atoms with van der Waals surface area (Å²) in [6, 6.07) is 2.20. The summed E-state index contributed by atoms with van der Waals surface area (Å²) in [5.41, 5.74) is -0.101. The van der Waals surface area contributed by atoms with E-state index in [1.54, 1.807) is 0 Å². The van der Waals surface area contributed by atoms with Crippen LogP contribution in [0, 0.1) is 0 Å². The third kappa shape index (κ3) is 5.14. The van der Waals surface area contributed by atoms with Crippen molar-refractivity contribution in [1.29, 1.82) is 0 Å². The molecule has 4 atom stereocenters. The van der Waals surface area contributed by atoms with Crippen molar-refractivity contribution in [3.05, 3.63) is 42.0 Å². The van der Waals surface area contributed by atoms with E-state index in [0.717, 1.165) is 16.6 Å². The van der Waals surface area contributed by atoms with E-state index in [-0.39, 0.29) is 37.3 Å². The highest BCUT2D eigenvalue weighted by molar-refractivity contribution is 7.89. The highest BCUT2D eigenvalue weighted by Crippen LogP contribution is 2.36. The Kier molecular flexibility index (Phi) is 7.19. The molecule has 0 aromatic carbocycles. The van der Waals surface area contributed by atoms with Crippen LogP contribution >= 0.6 is 0 Å². The Balaban J connectivity index is 1.49. The minimum atomic E-state index is -4.60. The number of alkyl halides is 5.